The molecule has 3 nitrogen and oxygen atoms in total. The van der Waals surface area contributed by atoms with Gasteiger partial charge in [0.15, 0.2) is 5.13 Å². The zero-order valence-corrected chi connectivity index (χ0v) is 7.27. The summed E-state index contributed by atoms with van der Waals surface area (Å²) in [5, 5.41) is 6.37. The molecule has 1 fully saturated rings. The van der Waals surface area contributed by atoms with E-state index in [4.69, 9.17) is 0 Å². The number of hydrogen-bond donors (Lipinski definition) is 1. The zero-order valence-electron chi connectivity index (χ0n) is 6.45. The molecule has 1 aromatic heterocycles. The lowest BCUT2D eigenvalue weighted by atomic mass is 10.2. The lowest BCUT2D eigenvalue weighted by Crippen LogP contribution is -2.56. The van der Waals surface area contributed by atoms with Crippen molar-refractivity contribution in [2.75, 3.05) is 25.0 Å². The second-order valence-electron chi connectivity index (χ2n) is 2.74. The Morgan fingerprint density at radius 1 is 1.73 bits per heavy atom. The van der Waals surface area contributed by atoms with E-state index in [1.807, 2.05) is 11.6 Å². The number of rotatable bonds is 2. The third kappa shape index (κ3) is 1.23. The molecule has 2 heterocycles. The number of thiazole rings is 1. The van der Waals surface area contributed by atoms with Crippen molar-refractivity contribution in [1.29, 1.82) is 0 Å². The summed E-state index contributed by atoms with van der Waals surface area (Å²) in [6.45, 7) is 2.19. The van der Waals surface area contributed by atoms with Gasteiger partial charge in [-0.2, -0.15) is 0 Å². The Bertz CT molecular complexity index is 218. The summed E-state index contributed by atoms with van der Waals surface area (Å²) in [4.78, 5) is 6.47. The van der Waals surface area contributed by atoms with Gasteiger partial charge >= 0.3 is 0 Å². The maximum atomic E-state index is 4.24. The molecule has 0 aliphatic carbocycles. The van der Waals surface area contributed by atoms with Gasteiger partial charge in [0.2, 0.25) is 0 Å². The van der Waals surface area contributed by atoms with E-state index in [1.165, 1.54) is 0 Å². The van der Waals surface area contributed by atoms with Gasteiger partial charge in [0.1, 0.15) is 0 Å². The molecule has 1 N–H and O–H groups in total. The molecule has 11 heavy (non-hydrogen) atoms. The number of anilines is 1. The molecule has 0 unspecified atom stereocenters. The maximum absolute atomic E-state index is 4.24. The zero-order chi connectivity index (χ0) is 7.68. The standard InChI is InChI=1S/C7H11N3S/c1-10(6-4-8-5-6)7-9-2-3-11-7/h2-3,6,8H,4-5H2,1H3. The molecule has 2 rings (SSSR count). The molecule has 0 radical (unpaired) electrons. The fourth-order valence-corrected chi connectivity index (χ4v) is 1.77. The van der Waals surface area contributed by atoms with Crippen LogP contribution in [0.3, 0.4) is 0 Å². The molecule has 0 aromatic carbocycles. The smallest absolute Gasteiger partial charge is 0.185 e. The Kier molecular flexibility index (Phi) is 1.79. The predicted molar refractivity (Wildman–Crippen MR) is 47.2 cm³/mol. The van der Waals surface area contributed by atoms with E-state index in [-0.39, 0.29) is 0 Å². The van der Waals surface area contributed by atoms with Crippen LogP contribution in [0.2, 0.25) is 0 Å². The summed E-state index contributed by atoms with van der Waals surface area (Å²) >= 11 is 1.70. The van der Waals surface area contributed by atoms with Crippen LogP contribution in [0.1, 0.15) is 0 Å². The highest BCUT2D eigenvalue weighted by atomic mass is 32.1. The lowest BCUT2D eigenvalue weighted by molar-refractivity contribution is 0.428. The molecule has 1 aromatic rings. The fourth-order valence-electron chi connectivity index (χ4n) is 1.09. The van der Waals surface area contributed by atoms with Gasteiger partial charge in [0.05, 0.1) is 6.04 Å². The second-order valence-corrected chi connectivity index (χ2v) is 3.61. The molecular weight excluding hydrogens is 158 g/mol. The van der Waals surface area contributed by atoms with E-state index < -0.39 is 0 Å². The third-order valence-corrected chi connectivity index (χ3v) is 2.89. The summed E-state index contributed by atoms with van der Waals surface area (Å²) in [5.74, 6) is 0. The van der Waals surface area contributed by atoms with Crippen molar-refractivity contribution in [2.24, 2.45) is 0 Å². The molecule has 0 saturated carbocycles. The van der Waals surface area contributed by atoms with Crippen LogP contribution in [-0.2, 0) is 0 Å². The minimum atomic E-state index is 0.654. The summed E-state index contributed by atoms with van der Waals surface area (Å²) in [6, 6.07) is 0.654. The first kappa shape index (κ1) is 7.06. The van der Waals surface area contributed by atoms with Crippen LogP contribution in [0, 0.1) is 0 Å². The van der Waals surface area contributed by atoms with Crippen molar-refractivity contribution >= 4 is 16.5 Å². The number of hydrogen-bond acceptors (Lipinski definition) is 4. The largest absolute Gasteiger partial charge is 0.346 e. The van der Waals surface area contributed by atoms with Gasteiger partial charge in [-0.15, -0.1) is 11.3 Å². The molecule has 1 aliphatic rings. The molecule has 4 heteroatoms. The first-order valence-corrected chi connectivity index (χ1v) is 4.59. The van der Waals surface area contributed by atoms with Crippen LogP contribution >= 0.6 is 11.3 Å². The molecule has 0 bridgehead atoms. The Morgan fingerprint density at radius 3 is 3.00 bits per heavy atom. The SMILES string of the molecule is CN(c1nccs1)C1CNC1. The summed E-state index contributed by atoms with van der Waals surface area (Å²) in [7, 11) is 2.10. The Morgan fingerprint density at radius 2 is 2.55 bits per heavy atom. The van der Waals surface area contributed by atoms with Crippen molar-refractivity contribution in [3.63, 3.8) is 0 Å². The molecule has 0 atom stereocenters. The highest BCUT2D eigenvalue weighted by molar-refractivity contribution is 7.13. The van der Waals surface area contributed by atoms with Gasteiger partial charge in [-0.3, -0.25) is 0 Å². The van der Waals surface area contributed by atoms with Crippen molar-refractivity contribution in [1.82, 2.24) is 10.3 Å². The molecular formula is C7H11N3S. The summed E-state index contributed by atoms with van der Waals surface area (Å²) < 4.78 is 0. The minimum absolute atomic E-state index is 0.654. The van der Waals surface area contributed by atoms with Crippen molar-refractivity contribution in [3.8, 4) is 0 Å². The van der Waals surface area contributed by atoms with Crippen LogP contribution in [0.5, 0.6) is 0 Å². The van der Waals surface area contributed by atoms with E-state index >= 15 is 0 Å². The Labute approximate surface area is 70.1 Å². The van der Waals surface area contributed by atoms with Crippen molar-refractivity contribution in [2.45, 2.75) is 6.04 Å². The van der Waals surface area contributed by atoms with E-state index in [0.717, 1.165) is 18.2 Å². The molecule has 0 amide bonds. The fraction of sp³-hybridized carbons (Fsp3) is 0.571. The normalized spacial score (nSPS) is 17.9. The molecule has 60 valence electrons. The van der Waals surface area contributed by atoms with Crippen LogP contribution in [0.4, 0.5) is 5.13 Å². The maximum Gasteiger partial charge on any atom is 0.185 e. The average molecular weight is 169 g/mol. The third-order valence-electron chi connectivity index (χ3n) is 2.03. The number of nitrogens with one attached hydrogen (secondary N) is 1. The lowest BCUT2D eigenvalue weighted by Gasteiger charge is -2.35. The monoisotopic (exact) mass is 169 g/mol. The van der Waals surface area contributed by atoms with Gasteiger partial charge in [0, 0.05) is 31.7 Å². The molecule has 1 saturated heterocycles. The van der Waals surface area contributed by atoms with Crippen molar-refractivity contribution < 1.29 is 0 Å². The van der Waals surface area contributed by atoms with Crippen LogP contribution in [-0.4, -0.2) is 31.2 Å². The first-order chi connectivity index (χ1) is 5.38. The summed E-state index contributed by atoms with van der Waals surface area (Å²) in [6.07, 6.45) is 1.85. The second kappa shape index (κ2) is 2.79. The highest BCUT2D eigenvalue weighted by Gasteiger charge is 2.22. The van der Waals surface area contributed by atoms with Gasteiger partial charge in [0.25, 0.3) is 0 Å². The minimum Gasteiger partial charge on any atom is -0.346 e. The van der Waals surface area contributed by atoms with Crippen LogP contribution < -0.4 is 10.2 Å². The van der Waals surface area contributed by atoms with Crippen LogP contribution in [0.15, 0.2) is 11.6 Å². The highest BCUT2D eigenvalue weighted by Crippen LogP contribution is 2.18. The molecule has 0 spiro atoms. The van der Waals surface area contributed by atoms with Gasteiger partial charge in [-0.05, 0) is 0 Å². The van der Waals surface area contributed by atoms with E-state index in [1.54, 1.807) is 11.3 Å². The van der Waals surface area contributed by atoms with Crippen molar-refractivity contribution in [3.05, 3.63) is 11.6 Å². The van der Waals surface area contributed by atoms with Gasteiger partial charge in [-0.25, -0.2) is 4.98 Å². The topological polar surface area (TPSA) is 28.2 Å². The Hall–Kier alpha value is -0.610. The number of aromatic nitrogens is 1. The number of nitrogens with zero attached hydrogens (tertiary/aromatic N) is 2. The Balaban J connectivity index is 2.04. The number of likely N-dealkylation sites (N-methyl/N-ethyl adjacent to an activating group) is 1. The van der Waals surface area contributed by atoms with Gasteiger partial charge < -0.3 is 10.2 Å². The van der Waals surface area contributed by atoms with E-state index in [0.29, 0.717) is 6.04 Å². The first-order valence-electron chi connectivity index (χ1n) is 3.71. The molecule has 1 aliphatic heterocycles. The van der Waals surface area contributed by atoms with Gasteiger partial charge in [-0.1, -0.05) is 0 Å². The predicted octanol–water partition coefficient (Wildman–Crippen LogP) is 0.551. The van der Waals surface area contributed by atoms with E-state index in [2.05, 4.69) is 22.2 Å². The average Bonchev–Trinajstić information content (AvgIpc) is 2.32. The quantitative estimate of drug-likeness (QED) is 0.701. The van der Waals surface area contributed by atoms with Crippen LogP contribution in [0.25, 0.3) is 0 Å². The van der Waals surface area contributed by atoms with E-state index in [9.17, 15) is 0 Å². The summed E-state index contributed by atoms with van der Waals surface area (Å²) in [5.41, 5.74) is 0.